The summed E-state index contributed by atoms with van der Waals surface area (Å²) in [6.07, 6.45) is 2.68. The second-order valence-corrected chi connectivity index (χ2v) is 7.09. The minimum Gasteiger partial charge on any atom is -0.294 e. The van der Waals surface area contributed by atoms with Gasteiger partial charge >= 0.3 is 0 Å². The average Bonchev–Trinajstić information content (AvgIpc) is 2.50. The molecule has 0 radical (unpaired) electrons. The third-order valence-electron chi connectivity index (χ3n) is 4.11. The molecular weight excluding hydrogens is 296 g/mol. The summed E-state index contributed by atoms with van der Waals surface area (Å²) in [5.41, 5.74) is 2.46. The highest BCUT2D eigenvalue weighted by molar-refractivity contribution is 5.24. The third kappa shape index (κ3) is 3.39. The monoisotopic (exact) mass is 317 g/mol. The van der Waals surface area contributed by atoms with Crippen LogP contribution >= 0.6 is 0 Å². The Hall–Kier alpha value is -1.88. The fourth-order valence-corrected chi connectivity index (χ4v) is 2.78. The zero-order chi connectivity index (χ0) is 16.6. The number of hydrogen-bond acceptors (Lipinski definition) is 3. The molecule has 122 valence electrons. The lowest BCUT2D eigenvalue weighted by molar-refractivity contribution is 0.238. The van der Waals surface area contributed by atoms with Gasteiger partial charge < -0.3 is 0 Å². The van der Waals surface area contributed by atoms with E-state index in [0.717, 1.165) is 36.1 Å². The Kier molecular flexibility index (Phi) is 4.15. The minimum atomic E-state index is -0.793. The Bertz CT molecular complexity index is 723. The van der Waals surface area contributed by atoms with Gasteiger partial charge in [-0.3, -0.25) is 4.90 Å². The first-order valence-corrected chi connectivity index (χ1v) is 7.85. The van der Waals surface area contributed by atoms with Gasteiger partial charge in [-0.25, -0.2) is 18.7 Å². The Morgan fingerprint density at radius 1 is 1.22 bits per heavy atom. The molecule has 3 nitrogen and oxygen atoms in total. The highest BCUT2D eigenvalue weighted by atomic mass is 19.2. The molecule has 0 N–H and O–H groups in total. The van der Waals surface area contributed by atoms with Gasteiger partial charge in [0, 0.05) is 54.5 Å². The average molecular weight is 317 g/mol. The summed E-state index contributed by atoms with van der Waals surface area (Å²) in [4.78, 5) is 11.2. The highest BCUT2D eigenvalue weighted by Crippen LogP contribution is 2.24. The van der Waals surface area contributed by atoms with E-state index in [0.29, 0.717) is 18.7 Å². The molecule has 1 aliphatic heterocycles. The van der Waals surface area contributed by atoms with Crippen LogP contribution in [0.5, 0.6) is 0 Å². The second-order valence-electron chi connectivity index (χ2n) is 7.09. The molecule has 1 aliphatic rings. The largest absolute Gasteiger partial charge is 0.294 e. The summed E-state index contributed by atoms with van der Waals surface area (Å²) in [7, 11) is 0. The quantitative estimate of drug-likeness (QED) is 0.847. The summed E-state index contributed by atoms with van der Waals surface area (Å²) >= 11 is 0. The number of aromatic nitrogens is 2. The molecule has 0 bridgehead atoms. The minimum absolute atomic E-state index is 0.0726. The van der Waals surface area contributed by atoms with E-state index in [2.05, 4.69) is 35.6 Å². The molecule has 1 aromatic carbocycles. The topological polar surface area (TPSA) is 29.0 Å². The number of hydrogen-bond donors (Lipinski definition) is 0. The molecule has 2 aromatic rings. The van der Waals surface area contributed by atoms with E-state index >= 15 is 0 Å². The molecule has 0 amide bonds. The predicted octanol–water partition coefficient (Wildman–Crippen LogP) is 3.61. The Balaban J connectivity index is 1.77. The second kappa shape index (κ2) is 5.96. The van der Waals surface area contributed by atoms with Gasteiger partial charge in [0.1, 0.15) is 5.82 Å². The van der Waals surface area contributed by atoms with Crippen molar-refractivity contribution in [1.82, 2.24) is 14.9 Å². The van der Waals surface area contributed by atoms with Crippen LogP contribution in [-0.2, 0) is 24.9 Å². The van der Waals surface area contributed by atoms with Crippen molar-refractivity contribution in [3.05, 3.63) is 58.7 Å². The normalized spacial score (nSPS) is 15.5. The van der Waals surface area contributed by atoms with Crippen LogP contribution in [0.25, 0.3) is 0 Å². The van der Waals surface area contributed by atoms with E-state index in [1.165, 1.54) is 0 Å². The van der Waals surface area contributed by atoms with Crippen molar-refractivity contribution < 1.29 is 8.78 Å². The number of halogens is 2. The van der Waals surface area contributed by atoms with E-state index in [4.69, 9.17) is 0 Å². The molecule has 0 unspecified atom stereocenters. The van der Waals surface area contributed by atoms with Gasteiger partial charge in [0.2, 0.25) is 0 Å². The van der Waals surface area contributed by atoms with Crippen LogP contribution in [0.1, 0.15) is 43.4 Å². The summed E-state index contributed by atoms with van der Waals surface area (Å²) in [5, 5.41) is 0. The zero-order valence-electron chi connectivity index (χ0n) is 13.7. The Labute approximate surface area is 135 Å². The Morgan fingerprint density at radius 3 is 2.74 bits per heavy atom. The molecule has 2 heterocycles. The first-order valence-electron chi connectivity index (χ1n) is 7.85. The van der Waals surface area contributed by atoms with Crippen molar-refractivity contribution in [3.8, 4) is 0 Å². The fourth-order valence-electron chi connectivity index (χ4n) is 2.78. The van der Waals surface area contributed by atoms with Gasteiger partial charge in [-0.2, -0.15) is 0 Å². The lowest BCUT2D eigenvalue weighted by Crippen LogP contribution is -2.32. The van der Waals surface area contributed by atoms with Crippen molar-refractivity contribution in [2.45, 2.75) is 45.7 Å². The van der Waals surface area contributed by atoms with Crippen LogP contribution < -0.4 is 0 Å². The number of benzene rings is 1. The first kappa shape index (κ1) is 16.0. The smallest absolute Gasteiger partial charge is 0.163 e. The van der Waals surface area contributed by atoms with Crippen LogP contribution in [0, 0.1) is 11.6 Å². The standard InChI is InChI=1S/C18H21F2N3/c1-18(2,3)17-21-9-13-11-23(8-7-15(13)22-17)10-12-5-4-6-14(19)16(12)20/h4-6,9H,7-8,10-11H2,1-3H3. The van der Waals surface area contributed by atoms with E-state index < -0.39 is 11.6 Å². The van der Waals surface area contributed by atoms with Gasteiger partial charge in [0.15, 0.2) is 11.6 Å². The molecule has 0 spiro atoms. The van der Waals surface area contributed by atoms with E-state index in [1.807, 2.05) is 6.20 Å². The van der Waals surface area contributed by atoms with Crippen molar-refractivity contribution in [2.24, 2.45) is 0 Å². The first-order chi connectivity index (χ1) is 10.8. The fraction of sp³-hybridized carbons (Fsp3) is 0.444. The highest BCUT2D eigenvalue weighted by Gasteiger charge is 2.23. The van der Waals surface area contributed by atoms with Gasteiger partial charge in [-0.05, 0) is 6.07 Å². The molecule has 23 heavy (non-hydrogen) atoms. The van der Waals surface area contributed by atoms with E-state index in [1.54, 1.807) is 12.1 Å². The van der Waals surface area contributed by atoms with Gasteiger partial charge in [0.25, 0.3) is 0 Å². The number of rotatable bonds is 2. The molecule has 5 heteroatoms. The molecule has 0 fully saturated rings. The summed E-state index contributed by atoms with van der Waals surface area (Å²) < 4.78 is 27.1. The van der Waals surface area contributed by atoms with Crippen molar-refractivity contribution in [3.63, 3.8) is 0 Å². The number of nitrogens with zero attached hydrogens (tertiary/aromatic N) is 3. The molecular formula is C18H21F2N3. The maximum absolute atomic E-state index is 13.8. The van der Waals surface area contributed by atoms with Crippen molar-refractivity contribution in [1.29, 1.82) is 0 Å². The SMILES string of the molecule is CC(C)(C)c1ncc2c(n1)CCN(Cc1cccc(F)c1F)C2. The van der Waals surface area contributed by atoms with Crippen molar-refractivity contribution in [2.75, 3.05) is 6.54 Å². The van der Waals surface area contributed by atoms with Crippen molar-refractivity contribution >= 4 is 0 Å². The van der Waals surface area contributed by atoms with Crippen LogP contribution in [0.4, 0.5) is 8.78 Å². The summed E-state index contributed by atoms with van der Waals surface area (Å²) in [6, 6.07) is 4.32. The number of fused-ring (bicyclic) bond motifs is 1. The van der Waals surface area contributed by atoms with Crippen LogP contribution in [0.3, 0.4) is 0 Å². The molecule has 0 saturated carbocycles. The maximum Gasteiger partial charge on any atom is 0.163 e. The van der Waals surface area contributed by atoms with Crippen LogP contribution in [0.2, 0.25) is 0 Å². The molecule has 0 saturated heterocycles. The van der Waals surface area contributed by atoms with Gasteiger partial charge in [-0.1, -0.05) is 32.9 Å². The molecule has 3 rings (SSSR count). The molecule has 1 aromatic heterocycles. The lowest BCUT2D eigenvalue weighted by atomic mass is 9.95. The van der Waals surface area contributed by atoms with Gasteiger partial charge in [-0.15, -0.1) is 0 Å². The van der Waals surface area contributed by atoms with E-state index in [-0.39, 0.29) is 5.41 Å². The maximum atomic E-state index is 13.8. The predicted molar refractivity (Wildman–Crippen MR) is 84.9 cm³/mol. The van der Waals surface area contributed by atoms with Crippen LogP contribution in [-0.4, -0.2) is 21.4 Å². The van der Waals surface area contributed by atoms with Gasteiger partial charge in [0.05, 0.1) is 0 Å². The zero-order valence-corrected chi connectivity index (χ0v) is 13.7. The molecule has 0 aliphatic carbocycles. The summed E-state index contributed by atoms with van der Waals surface area (Å²) in [5.74, 6) is -0.698. The van der Waals surface area contributed by atoms with Crippen LogP contribution in [0.15, 0.2) is 24.4 Å². The third-order valence-corrected chi connectivity index (χ3v) is 4.11. The Morgan fingerprint density at radius 2 is 2.00 bits per heavy atom. The van der Waals surface area contributed by atoms with E-state index in [9.17, 15) is 8.78 Å². The lowest BCUT2D eigenvalue weighted by Gasteiger charge is -2.29. The summed E-state index contributed by atoms with van der Waals surface area (Å²) in [6.45, 7) is 8.12. The molecule has 0 atom stereocenters.